The Morgan fingerprint density at radius 1 is 0.291 bits per heavy atom. The molecular weight excluding hydrogens is 665 g/mol. The highest BCUT2D eigenvalue weighted by atomic mass is 14.5. The van der Waals surface area contributed by atoms with Gasteiger partial charge in [0, 0.05) is 11.4 Å². The second kappa shape index (κ2) is 27.1. The summed E-state index contributed by atoms with van der Waals surface area (Å²) in [4.78, 5) is 0. The molecule has 0 fully saturated rings. The van der Waals surface area contributed by atoms with Gasteiger partial charge in [-0.2, -0.15) is 0 Å². The Kier molecular flexibility index (Phi) is 21.8. The monoisotopic (exact) mass is 743 g/mol. The summed E-state index contributed by atoms with van der Waals surface area (Å²) in [5.74, 6) is 0. The van der Waals surface area contributed by atoms with Gasteiger partial charge in [-0.15, -0.1) is 0 Å². The molecule has 0 amide bonds. The molecule has 0 radical (unpaired) electrons. The molecule has 0 atom stereocenters. The summed E-state index contributed by atoms with van der Waals surface area (Å²) in [6, 6.07) is 31.3. The smallest absolute Gasteiger partial charge is 0.0314 e. The van der Waals surface area contributed by atoms with E-state index < -0.39 is 0 Å². The molecule has 2 heteroatoms. The maximum absolute atomic E-state index is 5.89. The van der Waals surface area contributed by atoms with Crippen LogP contribution in [0.15, 0.2) is 84.9 Å². The topological polar surface area (TPSA) is 52.0 Å². The summed E-state index contributed by atoms with van der Waals surface area (Å²) < 4.78 is 0. The van der Waals surface area contributed by atoms with Gasteiger partial charge in [-0.25, -0.2) is 0 Å². The third kappa shape index (κ3) is 18.3. The molecule has 55 heavy (non-hydrogen) atoms. The first kappa shape index (κ1) is 44.2. The fourth-order valence-electron chi connectivity index (χ4n) is 8.29. The molecule has 0 saturated heterocycles. The zero-order valence-corrected chi connectivity index (χ0v) is 35.3. The van der Waals surface area contributed by atoms with E-state index in [-0.39, 0.29) is 0 Å². The van der Waals surface area contributed by atoms with Crippen LogP contribution in [0.1, 0.15) is 193 Å². The van der Waals surface area contributed by atoms with Gasteiger partial charge in [0.2, 0.25) is 0 Å². The maximum atomic E-state index is 5.89. The van der Waals surface area contributed by atoms with Gasteiger partial charge >= 0.3 is 0 Å². The second-order valence-corrected chi connectivity index (χ2v) is 16.8. The van der Waals surface area contributed by atoms with Crippen LogP contribution < -0.4 is 11.5 Å². The fraction of sp³-hybridized carbons (Fsp3) is 0.547. The number of hydrogen-bond acceptors (Lipinski definition) is 2. The van der Waals surface area contributed by atoms with Crippen molar-refractivity contribution in [2.45, 2.75) is 187 Å². The molecule has 0 heterocycles. The molecule has 0 aliphatic carbocycles. The number of nitrogens with two attached hydrogens (primary N) is 2. The van der Waals surface area contributed by atoms with Gasteiger partial charge in [-0.05, 0) is 133 Å². The molecule has 0 aliphatic heterocycles. The van der Waals surface area contributed by atoms with Crippen LogP contribution in [0.25, 0.3) is 0 Å². The average Bonchev–Trinajstić information content (AvgIpc) is 3.20. The summed E-state index contributed by atoms with van der Waals surface area (Å²) in [5.41, 5.74) is 25.3. The first-order chi connectivity index (χ1) is 27.0. The highest BCUT2D eigenvalue weighted by molar-refractivity contribution is 5.43. The van der Waals surface area contributed by atoms with E-state index in [1.54, 1.807) is 22.3 Å². The third-order valence-electron chi connectivity index (χ3n) is 11.8. The van der Waals surface area contributed by atoms with Crippen LogP contribution >= 0.6 is 0 Å². The Labute approximate surface area is 338 Å². The van der Waals surface area contributed by atoms with Crippen LogP contribution in [0, 0.1) is 0 Å². The summed E-state index contributed by atoms with van der Waals surface area (Å²) >= 11 is 0. The molecule has 0 aromatic heterocycles. The lowest BCUT2D eigenvalue weighted by Crippen LogP contribution is -1.99. The summed E-state index contributed by atoms with van der Waals surface area (Å²) in [7, 11) is 0. The molecule has 0 saturated carbocycles. The molecule has 4 rings (SSSR count). The minimum absolute atomic E-state index is 0.842. The standard InChI is InChI=1S/C53H78N2/c1-3-5-24-50-42-46(40-44-30-36-52(54)37-31-44)28-34-48(50)26-22-20-18-16-14-12-10-8-7-9-11-13-15-17-19-21-23-27-49-35-29-47(43-51(49)25-6-4-2)41-45-32-38-53(55)39-33-45/h28-39,42-43H,3-27,40-41,54-55H2,1-2H3. The van der Waals surface area contributed by atoms with Gasteiger partial charge in [-0.3, -0.25) is 0 Å². The molecule has 0 bridgehead atoms. The maximum Gasteiger partial charge on any atom is 0.0314 e. The molecule has 0 aliphatic rings. The Bertz CT molecular complexity index is 1450. The van der Waals surface area contributed by atoms with Crippen LogP contribution in [0.5, 0.6) is 0 Å². The number of aryl methyl sites for hydroxylation is 4. The van der Waals surface area contributed by atoms with Crippen LogP contribution in [-0.4, -0.2) is 0 Å². The van der Waals surface area contributed by atoms with Gasteiger partial charge in [-0.1, -0.05) is 184 Å². The Balaban J connectivity index is 0.955. The van der Waals surface area contributed by atoms with Gasteiger partial charge < -0.3 is 11.5 Å². The molecule has 0 spiro atoms. The number of benzene rings is 4. The third-order valence-corrected chi connectivity index (χ3v) is 11.8. The van der Waals surface area contributed by atoms with Crippen LogP contribution in [0.3, 0.4) is 0 Å². The molecule has 0 unspecified atom stereocenters. The Morgan fingerprint density at radius 3 is 0.873 bits per heavy atom. The first-order valence-corrected chi connectivity index (χ1v) is 22.9. The van der Waals surface area contributed by atoms with E-state index >= 15 is 0 Å². The van der Waals surface area contributed by atoms with E-state index in [9.17, 15) is 0 Å². The second-order valence-electron chi connectivity index (χ2n) is 16.8. The molecule has 300 valence electrons. The van der Waals surface area contributed by atoms with Gasteiger partial charge in [0.25, 0.3) is 0 Å². The van der Waals surface area contributed by atoms with Crippen molar-refractivity contribution in [2.24, 2.45) is 0 Å². The van der Waals surface area contributed by atoms with E-state index in [0.717, 1.165) is 24.2 Å². The van der Waals surface area contributed by atoms with Gasteiger partial charge in [0.05, 0.1) is 0 Å². The normalized spacial score (nSPS) is 11.4. The van der Waals surface area contributed by atoms with E-state index in [1.165, 1.54) is 183 Å². The zero-order valence-electron chi connectivity index (χ0n) is 35.3. The summed E-state index contributed by atoms with van der Waals surface area (Å²) in [6.45, 7) is 4.61. The fourth-order valence-corrected chi connectivity index (χ4v) is 8.29. The molecule has 2 nitrogen and oxygen atoms in total. The van der Waals surface area contributed by atoms with Crippen molar-refractivity contribution in [3.8, 4) is 0 Å². The quantitative estimate of drug-likeness (QED) is 0.0413. The van der Waals surface area contributed by atoms with Gasteiger partial charge in [0.1, 0.15) is 0 Å². The molecule has 4 aromatic rings. The highest BCUT2D eigenvalue weighted by Gasteiger charge is 2.08. The Morgan fingerprint density at radius 2 is 0.564 bits per heavy atom. The van der Waals surface area contributed by atoms with E-state index in [0.29, 0.717) is 0 Å². The summed E-state index contributed by atoms with van der Waals surface area (Å²) in [6.07, 6.45) is 36.0. The van der Waals surface area contributed by atoms with Crippen LogP contribution in [0.4, 0.5) is 11.4 Å². The predicted octanol–water partition coefficient (Wildman–Crippen LogP) is 15.1. The largest absolute Gasteiger partial charge is 0.399 e. The summed E-state index contributed by atoms with van der Waals surface area (Å²) in [5, 5.41) is 0. The van der Waals surface area contributed by atoms with Crippen molar-refractivity contribution in [3.63, 3.8) is 0 Å². The minimum Gasteiger partial charge on any atom is -0.399 e. The van der Waals surface area contributed by atoms with Crippen molar-refractivity contribution >= 4 is 11.4 Å². The number of unbranched alkanes of at least 4 members (excludes halogenated alkanes) is 18. The van der Waals surface area contributed by atoms with Crippen molar-refractivity contribution in [3.05, 3.63) is 129 Å². The number of nitrogen functional groups attached to an aromatic ring is 2. The molecule has 4 N–H and O–H groups in total. The lowest BCUT2D eigenvalue weighted by atomic mass is 9.93. The van der Waals surface area contributed by atoms with Crippen molar-refractivity contribution < 1.29 is 0 Å². The lowest BCUT2D eigenvalue weighted by Gasteiger charge is -2.13. The minimum atomic E-state index is 0.842. The molecular formula is C53H78N2. The lowest BCUT2D eigenvalue weighted by molar-refractivity contribution is 0.525. The average molecular weight is 743 g/mol. The van der Waals surface area contributed by atoms with Crippen LogP contribution in [-0.2, 0) is 38.5 Å². The van der Waals surface area contributed by atoms with Crippen molar-refractivity contribution in [1.29, 1.82) is 0 Å². The predicted molar refractivity (Wildman–Crippen MR) is 243 cm³/mol. The number of rotatable bonds is 30. The first-order valence-electron chi connectivity index (χ1n) is 22.9. The van der Waals surface area contributed by atoms with E-state index in [2.05, 4.69) is 74.5 Å². The number of hydrogen-bond donors (Lipinski definition) is 2. The zero-order chi connectivity index (χ0) is 38.8. The molecule has 4 aromatic carbocycles. The van der Waals surface area contributed by atoms with Crippen LogP contribution in [0.2, 0.25) is 0 Å². The number of anilines is 2. The van der Waals surface area contributed by atoms with Gasteiger partial charge in [0.15, 0.2) is 0 Å². The van der Waals surface area contributed by atoms with E-state index in [4.69, 9.17) is 11.5 Å². The highest BCUT2D eigenvalue weighted by Crippen LogP contribution is 2.23. The van der Waals surface area contributed by atoms with E-state index in [1.807, 2.05) is 24.3 Å². The Hall–Kier alpha value is -3.52. The SMILES string of the molecule is CCCCc1cc(Cc2ccc(N)cc2)ccc1CCCCCCCCCCCCCCCCCCCc1ccc(Cc2ccc(N)cc2)cc1CCCC. The van der Waals surface area contributed by atoms with Crippen molar-refractivity contribution in [1.82, 2.24) is 0 Å². The van der Waals surface area contributed by atoms with Crippen molar-refractivity contribution in [2.75, 3.05) is 11.5 Å².